The number of aromatic nitrogens is 1. The number of hydrogen-bond acceptors (Lipinski definition) is 4. The second-order valence-electron chi connectivity index (χ2n) is 5.93. The quantitative estimate of drug-likeness (QED) is 0.700. The number of hydrogen-bond donors (Lipinski definition) is 3. The van der Waals surface area contributed by atoms with Gasteiger partial charge < -0.3 is 15.0 Å². The maximum Gasteiger partial charge on any atom is 0.322 e. The van der Waals surface area contributed by atoms with Crippen molar-refractivity contribution < 1.29 is 23.1 Å². The first-order chi connectivity index (χ1) is 10.7. The van der Waals surface area contributed by atoms with Crippen LogP contribution in [0.4, 0.5) is 0 Å². The normalized spacial score (nSPS) is 16.7. The smallest absolute Gasteiger partial charge is 0.322 e. The summed E-state index contributed by atoms with van der Waals surface area (Å²) in [4.78, 5) is 27.5. The lowest BCUT2D eigenvalue weighted by atomic mass is 10.1. The van der Waals surface area contributed by atoms with Gasteiger partial charge in [-0.25, -0.2) is 8.42 Å². The van der Waals surface area contributed by atoms with Gasteiger partial charge in [-0.3, -0.25) is 9.59 Å². The van der Waals surface area contributed by atoms with E-state index in [2.05, 4.69) is 9.71 Å². The van der Waals surface area contributed by atoms with Crippen LogP contribution in [0, 0.1) is 5.92 Å². The Kier molecular flexibility index (Phi) is 5.10. The Morgan fingerprint density at radius 2 is 1.91 bits per heavy atom. The molecule has 0 aliphatic carbocycles. The molecule has 9 heteroatoms. The minimum atomic E-state index is -4.02. The number of nitrogens with zero attached hydrogens (tertiary/aromatic N) is 1. The van der Waals surface area contributed by atoms with Crippen molar-refractivity contribution in [2.45, 2.75) is 37.6 Å². The average Bonchev–Trinajstić information content (AvgIpc) is 3.14. The van der Waals surface area contributed by atoms with Crippen molar-refractivity contribution in [3.63, 3.8) is 0 Å². The molecule has 1 atom stereocenters. The molecule has 1 aliphatic heterocycles. The third-order valence-electron chi connectivity index (χ3n) is 3.81. The Labute approximate surface area is 134 Å². The van der Waals surface area contributed by atoms with Gasteiger partial charge in [0.2, 0.25) is 10.0 Å². The number of H-pyrrole nitrogens is 1. The standard InChI is InChI=1S/C14H21N3O5S/c1-9(2)12(14(19)20)16-23(21,22)10-7-11(15-8-10)13(18)17-5-3-4-6-17/h7-9,12,15-16H,3-6H2,1-2H3,(H,19,20). The molecule has 1 aromatic heterocycles. The van der Waals surface area contributed by atoms with Gasteiger partial charge in [-0.05, 0) is 24.8 Å². The predicted molar refractivity (Wildman–Crippen MR) is 82.5 cm³/mol. The highest BCUT2D eigenvalue weighted by atomic mass is 32.2. The van der Waals surface area contributed by atoms with Crippen LogP contribution in [-0.2, 0) is 14.8 Å². The number of carboxylic acids is 1. The molecule has 1 aromatic rings. The fourth-order valence-corrected chi connectivity index (χ4v) is 3.78. The predicted octanol–water partition coefficient (Wildman–Crippen LogP) is 0.638. The lowest BCUT2D eigenvalue weighted by Crippen LogP contribution is -2.44. The Morgan fingerprint density at radius 1 is 1.30 bits per heavy atom. The van der Waals surface area contributed by atoms with Crippen molar-refractivity contribution in [3.05, 3.63) is 18.0 Å². The van der Waals surface area contributed by atoms with Crippen molar-refractivity contribution in [1.82, 2.24) is 14.6 Å². The lowest BCUT2D eigenvalue weighted by molar-refractivity contribution is -0.140. The molecule has 2 heterocycles. The summed E-state index contributed by atoms with van der Waals surface area (Å²) < 4.78 is 26.7. The zero-order valence-electron chi connectivity index (χ0n) is 13.1. The van der Waals surface area contributed by atoms with E-state index in [1.807, 2.05) is 0 Å². The van der Waals surface area contributed by atoms with E-state index in [1.54, 1.807) is 18.7 Å². The average molecular weight is 343 g/mol. The number of sulfonamides is 1. The van der Waals surface area contributed by atoms with Gasteiger partial charge in [0.1, 0.15) is 16.6 Å². The summed E-state index contributed by atoms with van der Waals surface area (Å²) in [6, 6.07) is 0.00927. The zero-order chi connectivity index (χ0) is 17.2. The molecule has 128 valence electrons. The summed E-state index contributed by atoms with van der Waals surface area (Å²) in [7, 11) is -4.02. The molecule has 0 bridgehead atoms. The van der Waals surface area contributed by atoms with Gasteiger partial charge in [0.25, 0.3) is 5.91 Å². The second-order valence-corrected chi connectivity index (χ2v) is 7.64. The molecular formula is C14H21N3O5S. The van der Waals surface area contributed by atoms with Gasteiger partial charge in [-0.1, -0.05) is 13.8 Å². The van der Waals surface area contributed by atoms with Crippen LogP contribution in [0.25, 0.3) is 0 Å². The molecule has 1 amide bonds. The van der Waals surface area contributed by atoms with Crippen molar-refractivity contribution >= 4 is 21.9 Å². The lowest BCUT2D eigenvalue weighted by Gasteiger charge is -2.17. The monoisotopic (exact) mass is 343 g/mol. The summed E-state index contributed by atoms with van der Waals surface area (Å²) >= 11 is 0. The second kappa shape index (κ2) is 6.71. The van der Waals surface area contributed by atoms with Crippen LogP contribution >= 0.6 is 0 Å². The van der Waals surface area contributed by atoms with E-state index in [0.717, 1.165) is 12.8 Å². The summed E-state index contributed by atoms with van der Waals surface area (Å²) in [5.74, 6) is -1.90. The zero-order valence-corrected chi connectivity index (χ0v) is 13.9. The Hall–Kier alpha value is -1.87. The first-order valence-corrected chi connectivity index (χ1v) is 8.93. The first-order valence-electron chi connectivity index (χ1n) is 7.45. The summed E-state index contributed by atoms with van der Waals surface area (Å²) in [6.07, 6.45) is 3.08. The third kappa shape index (κ3) is 3.91. The van der Waals surface area contributed by atoms with Gasteiger partial charge in [0, 0.05) is 19.3 Å². The molecular weight excluding hydrogens is 322 g/mol. The number of rotatable bonds is 6. The third-order valence-corrected chi connectivity index (χ3v) is 5.23. The van der Waals surface area contributed by atoms with Crippen LogP contribution in [0.2, 0.25) is 0 Å². The number of amides is 1. The molecule has 23 heavy (non-hydrogen) atoms. The van der Waals surface area contributed by atoms with E-state index < -0.39 is 28.0 Å². The molecule has 0 saturated carbocycles. The highest BCUT2D eigenvalue weighted by Gasteiger charge is 2.29. The Bertz CT molecular complexity index is 689. The molecule has 8 nitrogen and oxygen atoms in total. The van der Waals surface area contributed by atoms with Crippen molar-refractivity contribution in [2.24, 2.45) is 5.92 Å². The number of carboxylic acid groups (broad SMARTS) is 1. The molecule has 1 saturated heterocycles. The van der Waals surface area contributed by atoms with Gasteiger partial charge >= 0.3 is 5.97 Å². The molecule has 0 spiro atoms. The van der Waals surface area contributed by atoms with Crippen molar-refractivity contribution in [1.29, 1.82) is 0 Å². The molecule has 1 fully saturated rings. The summed E-state index contributed by atoms with van der Waals surface area (Å²) in [5.41, 5.74) is 0.184. The van der Waals surface area contributed by atoms with Gasteiger partial charge in [-0.2, -0.15) is 4.72 Å². The van der Waals surface area contributed by atoms with E-state index in [9.17, 15) is 18.0 Å². The number of carbonyl (C=O) groups excluding carboxylic acids is 1. The topological polar surface area (TPSA) is 120 Å². The van der Waals surface area contributed by atoms with Gasteiger partial charge in [0.15, 0.2) is 0 Å². The van der Waals surface area contributed by atoms with E-state index in [1.165, 1.54) is 12.3 Å². The molecule has 1 unspecified atom stereocenters. The minimum Gasteiger partial charge on any atom is -0.480 e. The fraction of sp³-hybridized carbons (Fsp3) is 0.571. The highest BCUT2D eigenvalue weighted by Crippen LogP contribution is 2.17. The molecule has 0 aromatic carbocycles. The Balaban J connectivity index is 2.17. The highest BCUT2D eigenvalue weighted by molar-refractivity contribution is 7.89. The minimum absolute atomic E-state index is 0.146. The summed E-state index contributed by atoms with van der Waals surface area (Å²) in [5, 5.41) is 9.10. The Morgan fingerprint density at radius 3 is 2.43 bits per heavy atom. The largest absolute Gasteiger partial charge is 0.480 e. The molecule has 1 aliphatic rings. The SMILES string of the molecule is CC(C)C(NS(=O)(=O)c1c[nH]c(C(=O)N2CCCC2)c1)C(=O)O. The van der Waals surface area contributed by atoms with E-state index >= 15 is 0 Å². The van der Waals surface area contributed by atoms with Crippen LogP contribution in [0.5, 0.6) is 0 Å². The first kappa shape index (κ1) is 17.5. The molecule has 0 radical (unpaired) electrons. The molecule has 3 N–H and O–H groups in total. The van der Waals surface area contributed by atoms with E-state index in [-0.39, 0.29) is 16.5 Å². The van der Waals surface area contributed by atoms with Crippen molar-refractivity contribution in [3.8, 4) is 0 Å². The fourth-order valence-electron chi connectivity index (χ4n) is 2.45. The van der Waals surface area contributed by atoms with Crippen LogP contribution in [0.1, 0.15) is 37.2 Å². The van der Waals surface area contributed by atoms with Gasteiger partial charge in [0.05, 0.1) is 0 Å². The van der Waals surface area contributed by atoms with Crippen LogP contribution in [0.3, 0.4) is 0 Å². The maximum atomic E-state index is 12.3. The van der Waals surface area contributed by atoms with E-state index in [0.29, 0.717) is 13.1 Å². The maximum absolute atomic E-state index is 12.3. The number of nitrogens with one attached hydrogen (secondary N) is 2. The van der Waals surface area contributed by atoms with E-state index in [4.69, 9.17) is 5.11 Å². The number of aliphatic carboxylic acids is 1. The van der Waals surface area contributed by atoms with Crippen LogP contribution in [0.15, 0.2) is 17.2 Å². The number of likely N-dealkylation sites (tertiary alicyclic amines) is 1. The van der Waals surface area contributed by atoms with Crippen molar-refractivity contribution in [2.75, 3.05) is 13.1 Å². The molecule has 2 rings (SSSR count). The summed E-state index contributed by atoms with van der Waals surface area (Å²) in [6.45, 7) is 4.54. The van der Waals surface area contributed by atoms with Crippen LogP contribution < -0.4 is 4.72 Å². The number of aromatic amines is 1. The van der Waals surface area contributed by atoms with Gasteiger partial charge in [-0.15, -0.1) is 0 Å². The van der Waals surface area contributed by atoms with Crippen LogP contribution in [-0.4, -0.2) is 54.4 Å². The number of carbonyl (C=O) groups is 2.